The van der Waals surface area contributed by atoms with E-state index in [0.717, 1.165) is 31.2 Å². The van der Waals surface area contributed by atoms with E-state index < -0.39 is 0 Å². The quantitative estimate of drug-likeness (QED) is 0.258. The lowest BCUT2D eigenvalue weighted by atomic mass is 9.87. The third-order valence-corrected chi connectivity index (χ3v) is 5.54. The van der Waals surface area contributed by atoms with Crippen molar-refractivity contribution >= 4 is 17.2 Å². The van der Waals surface area contributed by atoms with Gasteiger partial charge in [0.2, 0.25) is 0 Å². The number of aromatic hydroxyl groups is 1. The van der Waals surface area contributed by atoms with Crippen molar-refractivity contribution in [1.29, 1.82) is 0 Å². The van der Waals surface area contributed by atoms with Crippen molar-refractivity contribution in [3.8, 4) is 5.75 Å². The number of carbonyl (C=O) groups excluding carboxylic acids is 1. The molecule has 0 aliphatic heterocycles. The van der Waals surface area contributed by atoms with Gasteiger partial charge < -0.3 is 5.11 Å². The van der Waals surface area contributed by atoms with Crippen molar-refractivity contribution in [3.05, 3.63) is 60.2 Å². The maximum Gasteiger partial charge on any atom is 0.184 e. The van der Waals surface area contributed by atoms with Crippen LogP contribution in [0.25, 0.3) is 0 Å². The van der Waals surface area contributed by atoms with Crippen LogP contribution in [0.4, 0.5) is 5.69 Å². The lowest BCUT2D eigenvalue weighted by molar-refractivity contribution is -0.116. The molecule has 30 heavy (non-hydrogen) atoms. The Morgan fingerprint density at radius 1 is 0.800 bits per heavy atom. The second-order valence-corrected chi connectivity index (χ2v) is 8.10. The third-order valence-electron chi connectivity index (χ3n) is 5.54. The highest BCUT2D eigenvalue weighted by Gasteiger charge is 2.23. The number of phenols is 1. The van der Waals surface area contributed by atoms with Gasteiger partial charge in [-0.25, -0.2) is 4.99 Å². The second kappa shape index (κ2) is 13.7. The molecule has 0 amide bonds. The largest absolute Gasteiger partial charge is 0.508 e. The number of benzene rings is 2. The molecule has 0 heterocycles. The number of ketones is 1. The first-order chi connectivity index (χ1) is 14.7. The molecule has 162 valence electrons. The number of rotatable bonds is 14. The molecule has 2 rings (SSSR count). The zero-order valence-corrected chi connectivity index (χ0v) is 18.6. The highest BCUT2D eigenvalue weighted by Crippen LogP contribution is 2.23. The Hall–Kier alpha value is -2.42. The average Bonchev–Trinajstić information content (AvgIpc) is 2.77. The summed E-state index contributed by atoms with van der Waals surface area (Å²) in [6.45, 7) is 4.38. The van der Waals surface area contributed by atoms with Crippen molar-refractivity contribution in [2.24, 2.45) is 10.9 Å². The van der Waals surface area contributed by atoms with E-state index in [4.69, 9.17) is 4.99 Å². The number of unbranched alkanes of at least 4 members (excludes halogenated alkanes) is 6. The minimum atomic E-state index is 0.0155. The van der Waals surface area contributed by atoms with E-state index in [1.807, 2.05) is 30.3 Å². The molecule has 2 aromatic rings. The Morgan fingerprint density at radius 2 is 1.43 bits per heavy atom. The van der Waals surface area contributed by atoms with Crippen LogP contribution >= 0.6 is 0 Å². The first-order valence-corrected chi connectivity index (χ1v) is 11.6. The molecule has 0 bridgehead atoms. The average molecular weight is 408 g/mol. The summed E-state index contributed by atoms with van der Waals surface area (Å²) in [5, 5.41) is 9.55. The molecule has 1 unspecified atom stereocenters. The molecule has 1 atom stereocenters. The number of aliphatic imine (C=N–C) groups is 1. The molecule has 0 aromatic heterocycles. The topological polar surface area (TPSA) is 49.7 Å². The number of phenolic OH excluding ortho intramolecular Hbond substituents is 1. The Kier molecular flexibility index (Phi) is 10.9. The number of Topliss-reactive ketones (excluding diaryl/α,β-unsaturated/α-hetero) is 1. The lowest BCUT2D eigenvalue weighted by Crippen LogP contribution is -2.25. The molecule has 3 nitrogen and oxygen atoms in total. The molecule has 0 radical (unpaired) electrons. The van der Waals surface area contributed by atoms with Crippen LogP contribution < -0.4 is 0 Å². The highest BCUT2D eigenvalue weighted by molar-refractivity contribution is 6.47. The summed E-state index contributed by atoms with van der Waals surface area (Å²) in [5.74, 6) is 0.355. The van der Waals surface area contributed by atoms with Gasteiger partial charge in [0.05, 0.1) is 5.69 Å². The molecular formula is C27H37NO2. The van der Waals surface area contributed by atoms with Gasteiger partial charge in [-0.15, -0.1) is 0 Å². The molecule has 0 fully saturated rings. The van der Waals surface area contributed by atoms with E-state index in [-0.39, 0.29) is 17.5 Å². The van der Waals surface area contributed by atoms with Gasteiger partial charge in [0.1, 0.15) is 11.5 Å². The van der Waals surface area contributed by atoms with Gasteiger partial charge in [-0.2, -0.15) is 0 Å². The number of nitrogens with zero attached hydrogens (tertiary/aromatic N) is 1. The van der Waals surface area contributed by atoms with E-state index in [2.05, 4.69) is 13.8 Å². The molecule has 0 aliphatic carbocycles. The summed E-state index contributed by atoms with van der Waals surface area (Å²) in [4.78, 5) is 18.2. The minimum absolute atomic E-state index is 0.0155. The molecule has 0 aliphatic rings. The summed E-state index contributed by atoms with van der Waals surface area (Å²) in [5.41, 5.74) is 2.07. The predicted molar refractivity (Wildman–Crippen MR) is 127 cm³/mol. The fourth-order valence-corrected chi connectivity index (χ4v) is 3.81. The molecular weight excluding hydrogens is 370 g/mol. The van der Waals surface area contributed by atoms with Crippen molar-refractivity contribution in [2.75, 3.05) is 0 Å². The Morgan fingerprint density at radius 3 is 2.07 bits per heavy atom. The first-order valence-electron chi connectivity index (χ1n) is 11.6. The highest BCUT2D eigenvalue weighted by atomic mass is 16.3. The maximum absolute atomic E-state index is 13.5. The van der Waals surface area contributed by atoms with Crippen LogP contribution in [0.2, 0.25) is 0 Å². The number of hydrogen-bond acceptors (Lipinski definition) is 3. The van der Waals surface area contributed by atoms with Gasteiger partial charge in [0.15, 0.2) is 5.78 Å². The Bertz CT molecular complexity index is 765. The fourth-order valence-electron chi connectivity index (χ4n) is 3.81. The summed E-state index contributed by atoms with van der Waals surface area (Å²) in [6.07, 6.45) is 11.6. The summed E-state index contributed by atoms with van der Waals surface area (Å²) >= 11 is 0. The van der Waals surface area contributed by atoms with Gasteiger partial charge in [-0.1, -0.05) is 95.5 Å². The standard InChI is InChI=1S/C27H37NO2/c1-3-5-6-7-8-9-11-17-23(14-4-2)27(30)26(22-15-12-10-13-16-22)28-24-18-20-25(29)21-19-24/h10,12-13,15-16,18-21,23,29H,3-9,11,14,17H2,1-2H3. The predicted octanol–water partition coefficient (Wildman–Crippen LogP) is 7.64. The van der Waals surface area contributed by atoms with Gasteiger partial charge in [0.25, 0.3) is 0 Å². The number of hydrogen-bond donors (Lipinski definition) is 1. The molecule has 0 saturated heterocycles. The SMILES string of the molecule is CCCCCCCCCC(CCC)C(=O)C(=Nc1ccc(O)cc1)c1ccccc1. The second-order valence-electron chi connectivity index (χ2n) is 8.10. The normalized spacial score (nSPS) is 12.7. The summed E-state index contributed by atoms with van der Waals surface area (Å²) in [7, 11) is 0. The van der Waals surface area contributed by atoms with E-state index in [1.165, 1.54) is 38.5 Å². The first kappa shape index (κ1) is 23.9. The third kappa shape index (κ3) is 8.14. The van der Waals surface area contributed by atoms with Gasteiger partial charge in [0, 0.05) is 11.5 Å². The van der Waals surface area contributed by atoms with E-state index in [9.17, 15) is 9.90 Å². The Balaban J connectivity index is 2.12. The van der Waals surface area contributed by atoms with Crippen molar-refractivity contribution in [3.63, 3.8) is 0 Å². The van der Waals surface area contributed by atoms with Crippen molar-refractivity contribution in [2.45, 2.75) is 78.1 Å². The fraction of sp³-hybridized carbons (Fsp3) is 0.481. The van der Waals surface area contributed by atoms with Crippen LogP contribution in [0.5, 0.6) is 5.75 Å². The van der Waals surface area contributed by atoms with E-state index in [1.54, 1.807) is 24.3 Å². The monoisotopic (exact) mass is 407 g/mol. The van der Waals surface area contributed by atoms with Crippen LogP contribution in [-0.2, 0) is 4.79 Å². The Labute approximate surface area is 182 Å². The molecule has 0 saturated carbocycles. The van der Waals surface area contributed by atoms with Crippen molar-refractivity contribution < 1.29 is 9.90 Å². The summed E-state index contributed by atoms with van der Waals surface area (Å²) in [6, 6.07) is 16.4. The minimum Gasteiger partial charge on any atom is -0.508 e. The lowest BCUT2D eigenvalue weighted by Gasteiger charge is -2.17. The van der Waals surface area contributed by atoms with Crippen LogP contribution in [0.15, 0.2) is 59.6 Å². The van der Waals surface area contributed by atoms with Crippen LogP contribution in [0, 0.1) is 5.92 Å². The molecule has 2 aromatic carbocycles. The summed E-state index contributed by atoms with van der Waals surface area (Å²) < 4.78 is 0. The van der Waals surface area contributed by atoms with Gasteiger partial charge in [-0.05, 0) is 37.1 Å². The van der Waals surface area contributed by atoms with Crippen LogP contribution in [-0.4, -0.2) is 16.6 Å². The maximum atomic E-state index is 13.5. The van der Waals surface area contributed by atoms with Crippen LogP contribution in [0.1, 0.15) is 83.6 Å². The zero-order chi connectivity index (χ0) is 21.6. The van der Waals surface area contributed by atoms with Crippen LogP contribution in [0.3, 0.4) is 0 Å². The van der Waals surface area contributed by atoms with E-state index in [0.29, 0.717) is 11.4 Å². The van der Waals surface area contributed by atoms with Gasteiger partial charge >= 0.3 is 0 Å². The van der Waals surface area contributed by atoms with Gasteiger partial charge in [-0.3, -0.25) is 4.79 Å². The molecule has 3 heteroatoms. The van der Waals surface area contributed by atoms with E-state index >= 15 is 0 Å². The number of carbonyl (C=O) groups is 1. The van der Waals surface area contributed by atoms with Crippen molar-refractivity contribution in [1.82, 2.24) is 0 Å². The smallest absolute Gasteiger partial charge is 0.184 e. The molecule has 1 N–H and O–H groups in total. The molecule has 0 spiro atoms. The zero-order valence-electron chi connectivity index (χ0n) is 18.6.